The molecule has 0 aromatic carbocycles. The molecular formula is C16H21N3O5. The number of carbonyl (C=O) groups excluding carboxylic acids is 3. The summed E-state index contributed by atoms with van der Waals surface area (Å²) in [4.78, 5) is 39.9. The smallest absolute Gasteiger partial charge is 0.325 e. The lowest BCUT2D eigenvalue weighted by Crippen LogP contribution is -2.52. The van der Waals surface area contributed by atoms with Gasteiger partial charge in [0.15, 0.2) is 0 Å². The van der Waals surface area contributed by atoms with Crippen LogP contribution in [0.5, 0.6) is 0 Å². The van der Waals surface area contributed by atoms with Gasteiger partial charge in [-0.3, -0.25) is 14.5 Å². The third kappa shape index (κ3) is 2.66. The summed E-state index contributed by atoms with van der Waals surface area (Å²) in [5.74, 6) is -0.338. The Balaban J connectivity index is 1.80. The van der Waals surface area contributed by atoms with Crippen LogP contribution in [0.3, 0.4) is 0 Å². The van der Waals surface area contributed by atoms with Crippen LogP contribution >= 0.6 is 0 Å². The summed E-state index contributed by atoms with van der Waals surface area (Å²) >= 11 is 0. The lowest BCUT2D eigenvalue weighted by molar-refractivity contribution is -0.143. The van der Waals surface area contributed by atoms with Crippen LogP contribution in [-0.4, -0.2) is 66.5 Å². The van der Waals surface area contributed by atoms with Crippen LogP contribution in [0.1, 0.15) is 25.0 Å². The molecule has 1 aromatic heterocycles. The summed E-state index contributed by atoms with van der Waals surface area (Å²) in [5, 5.41) is 2.84. The first-order valence-corrected chi connectivity index (χ1v) is 7.99. The molecular weight excluding hydrogens is 314 g/mol. The molecule has 2 aliphatic heterocycles. The Labute approximate surface area is 139 Å². The number of imide groups is 1. The number of furan rings is 1. The average molecular weight is 335 g/mol. The number of hydrogen-bond acceptors (Lipinski definition) is 6. The molecule has 0 unspecified atom stereocenters. The van der Waals surface area contributed by atoms with E-state index in [-0.39, 0.29) is 31.4 Å². The zero-order chi connectivity index (χ0) is 17.3. The Morgan fingerprint density at radius 1 is 1.50 bits per heavy atom. The highest BCUT2D eigenvalue weighted by atomic mass is 16.5. The fourth-order valence-corrected chi connectivity index (χ4v) is 3.52. The Hall–Kier alpha value is -2.35. The number of rotatable bonds is 5. The van der Waals surface area contributed by atoms with E-state index >= 15 is 0 Å². The Morgan fingerprint density at radius 2 is 2.29 bits per heavy atom. The number of likely N-dealkylation sites (N-methyl/N-ethyl adjacent to an activating group) is 1. The van der Waals surface area contributed by atoms with E-state index < -0.39 is 17.5 Å². The number of nitrogens with zero attached hydrogens (tertiary/aromatic N) is 2. The van der Waals surface area contributed by atoms with Gasteiger partial charge >= 0.3 is 12.0 Å². The molecule has 1 N–H and O–H groups in total. The number of carbonyl (C=O) groups is 3. The van der Waals surface area contributed by atoms with Gasteiger partial charge < -0.3 is 19.4 Å². The van der Waals surface area contributed by atoms with Crippen LogP contribution in [0.25, 0.3) is 0 Å². The molecule has 8 heteroatoms. The number of hydrogen-bond donors (Lipinski definition) is 1. The van der Waals surface area contributed by atoms with E-state index in [1.807, 2.05) is 18.0 Å². The largest absolute Gasteiger partial charge is 0.469 e. The van der Waals surface area contributed by atoms with E-state index in [1.165, 1.54) is 0 Å². The van der Waals surface area contributed by atoms with Crippen LogP contribution in [-0.2, 0) is 14.3 Å². The SMILES string of the molecule is CCOC(=O)CCN1C(=O)N[C@]2(CN(C)C[C@@H]2c2ccco2)C1=O. The summed E-state index contributed by atoms with van der Waals surface area (Å²) in [6, 6.07) is 3.10. The van der Waals surface area contributed by atoms with E-state index in [4.69, 9.17) is 9.15 Å². The zero-order valence-corrected chi connectivity index (χ0v) is 13.8. The molecule has 0 radical (unpaired) electrons. The fourth-order valence-electron chi connectivity index (χ4n) is 3.52. The quantitative estimate of drug-likeness (QED) is 0.624. The maximum Gasteiger partial charge on any atom is 0.325 e. The molecule has 3 heterocycles. The molecule has 2 fully saturated rings. The number of urea groups is 1. The lowest BCUT2D eigenvalue weighted by atomic mass is 9.85. The van der Waals surface area contributed by atoms with E-state index in [0.29, 0.717) is 18.8 Å². The predicted octanol–water partition coefficient (Wildman–Crippen LogP) is 0.552. The molecule has 0 saturated carbocycles. The maximum atomic E-state index is 13.0. The molecule has 2 saturated heterocycles. The first-order chi connectivity index (χ1) is 11.5. The molecule has 0 aliphatic carbocycles. The van der Waals surface area contributed by atoms with Gasteiger partial charge in [0.2, 0.25) is 0 Å². The minimum Gasteiger partial charge on any atom is -0.469 e. The summed E-state index contributed by atoms with van der Waals surface area (Å²) in [7, 11) is 1.89. The second-order valence-corrected chi connectivity index (χ2v) is 6.18. The summed E-state index contributed by atoms with van der Waals surface area (Å²) in [6.45, 7) is 3.00. The van der Waals surface area contributed by atoms with Crippen molar-refractivity contribution in [1.29, 1.82) is 0 Å². The number of nitrogens with one attached hydrogen (secondary N) is 1. The van der Waals surface area contributed by atoms with Crippen molar-refractivity contribution in [3.63, 3.8) is 0 Å². The summed E-state index contributed by atoms with van der Waals surface area (Å²) < 4.78 is 10.3. The molecule has 0 bridgehead atoms. The molecule has 3 amide bonds. The Bertz CT molecular complexity index is 644. The second-order valence-electron chi connectivity index (χ2n) is 6.18. The Kier molecular flexibility index (Phi) is 4.31. The first kappa shape index (κ1) is 16.5. The molecule has 3 rings (SSSR count). The average Bonchev–Trinajstić information content (AvgIpc) is 3.20. The van der Waals surface area contributed by atoms with E-state index in [9.17, 15) is 14.4 Å². The van der Waals surface area contributed by atoms with Crippen LogP contribution in [0.2, 0.25) is 0 Å². The topological polar surface area (TPSA) is 92.1 Å². The van der Waals surface area contributed by atoms with Crippen LogP contribution in [0, 0.1) is 0 Å². The van der Waals surface area contributed by atoms with Crippen molar-refractivity contribution >= 4 is 17.9 Å². The molecule has 1 spiro atoms. The molecule has 8 nitrogen and oxygen atoms in total. The van der Waals surface area contributed by atoms with E-state index in [0.717, 1.165) is 4.90 Å². The van der Waals surface area contributed by atoms with Gasteiger partial charge in [-0.25, -0.2) is 4.79 Å². The van der Waals surface area contributed by atoms with Gasteiger partial charge in [0.1, 0.15) is 11.3 Å². The third-order valence-corrected chi connectivity index (χ3v) is 4.54. The standard InChI is InChI=1S/C16H21N3O5/c1-3-23-13(20)6-7-19-14(21)16(17-15(19)22)10-18(2)9-11(16)12-5-4-8-24-12/h4-5,8,11H,3,6-7,9-10H2,1-2H3,(H,17,22)/t11-,16+/m1/s1. The van der Waals surface area contributed by atoms with Gasteiger partial charge in [0.25, 0.3) is 5.91 Å². The van der Waals surface area contributed by atoms with Crippen LogP contribution in [0.15, 0.2) is 22.8 Å². The first-order valence-electron chi connectivity index (χ1n) is 7.99. The monoisotopic (exact) mass is 335 g/mol. The predicted molar refractivity (Wildman–Crippen MR) is 83.2 cm³/mol. The number of ether oxygens (including phenoxy) is 1. The van der Waals surface area contributed by atoms with Gasteiger partial charge in [-0.05, 0) is 26.1 Å². The highest BCUT2D eigenvalue weighted by molar-refractivity contribution is 6.08. The van der Waals surface area contributed by atoms with E-state index in [2.05, 4.69) is 5.32 Å². The number of esters is 1. The van der Waals surface area contributed by atoms with Gasteiger partial charge in [0, 0.05) is 19.6 Å². The molecule has 1 aromatic rings. The maximum absolute atomic E-state index is 13.0. The Morgan fingerprint density at radius 3 is 2.96 bits per heavy atom. The van der Waals surface area contributed by atoms with Crippen molar-refractivity contribution in [1.82, 2.24) is 15.1 Å². The summed E-state index contributed by atoms with van der Waals surface area (Å²) in [5.41, 5.74) is -1.04. The summed E-state index contributed by atoms with van der Waals surface area (Å²) in [6.07, 6.45) is 1.55. The van der Waals surface area contributed by atoms with Crippen LogP contribution in [0.4, 0.5) is 4.79 Å². The van der Waals surface area contributed by atoms with Crippen molar-refractivity contribution in [2.45, 2.75) is 24.8 Å². The fraction of sp³-hybridized carbons (Fsp3) is 0.562. The molecule has 130 valence electrons. The van der Waals surface area contributed by atoms with Gasteiger partial charge in [-0.1, -0.05) is 0 Å². The number of amides is 3. The second kappa shape index (κ2) is 6.27. The van der Waals surface area contributed by atoms with Crippen molar-refractivity contribution in [3.05, 3.63) is 24.2 Å². The molecule has 2 aliphatic rings. The lowest BCUT2D eigenvalue weighted by Gasteiger charge is -2.26. The number of likely N-dealkylation sites (tertiary alicyclic amines) is 1. The van der Waals surface area contributed by atoms with Gasteiger partial charge in [-0.2, -0.15) is 0 Å². The van der Waals surface area contributed by atoms with Gasteiger partial charge in [-0.15, -0.1) is 0 Å². The van der Waals surface area contributed by atoms with Crippen molar-refractivity contribution < 1.29 is 23.5 Å². The van der Waals surface area contributed by atoms with Crippen molar-refractivity contribution in [3.8, 4) is 0 Å². The normalized spacial score (nSPS) is 27.1. The van der Waals surface area contributed by atoms with Gasteiger partial charge in [0.05, 0.1) is 25.2 Å². The minimum atomic E-state index is -1.04. The van der Waals surface area contributed by atoms with Crippen molar-refractivity contribution in [2.24, 2.45) is 0 Å². The third-order valence-electron chi connectivity index (χ3n) is 4.54. The minimum absolute atomic E-state index is 0.00959. The van der Waals surface area contributed by atoms with Crippen LogP contribution < -0.4 is 5.32 Å². The van der Waals surface area contributed by atoms with Crippen molar-refractivity contribution in [2.75, 3.05) is 33.3 Å². The highest BCUT2D eigenvalue weighted by Gasteiger charge is 2.60. The molecule has 24 heavy (non-hydrogen) atoms. The zero-order valence-electron chi connectivity index (χ0n) is 13.8. The van der Waals surface area contributed by atoms with E-state index in [1.54, 1.807) is 19.3 Å². The highest BCUT2D eigenvalue weighted by Crippen LogP contribution is 2.39. The molecule has 2 atom stereocenters.